The van der Waals surface area contributed by atoms with Gasteiger partial charge in [-0.3, -0.25) is 9.59 Å². The molecule has 1 aliphatic rings. The lowest BCUT2D eigenvalue weighted by molar-refractivity contribution is -0.111. The summed E-state index contributed by atoms with van der Waals surface area (Å²) in [5.74, 6) is -7.65. The summed E-state index contributed by atoms with van der Waals surface area (Å²) in [5, 5.41) is 9.02. The third-order valence-corrected chi connectivity index (χ3v) is 7.40. The number of halogens is 4. The number of piperidine rings is 1. The first-order valence-corrected chi connectivity index (χ1v) is 13.7. The average molecular weight is 628 g/mol. The second kappa shape index (κ2) is 12.4. The van der Waals surface area contributed by atoms with Crippen molar-refractivity contribution in [3.05, 3.63) is 72.1 Å². The van der Waals surface area contributed by atoms with Gasteiger partial charge in [-0.2, -0.15) is 0 Å². The van der Waals surface area contributed by atoms with E-state index in [-0.39, 0.29) is 48.8 Å². The number of ketones is 1. The molecule has 0 atom stereocenters. The van der Waals surface area contributed by atoms with Crippen LogP contribution in [0.25, 0.3) is 11.0 Å². The van der Waals surface area contributed by atoms with E-state index < -0.39 is 46.3 Å². The number of hydrogen-bond acceptors (Lipinski definition) is 9. The smallest absolute Gasteiger partial charge is 0.251 e. The van der Waals surface area contributed by atoms with Gasteiger partial charge in [0.05, 0.1) is 37.5 Å². The predicted molar refractivity (Wildman–Crippen MR) is 161 cm³/mol. The Morgan fingerprint density at radius 3 is 2.31 bits per heavy atom. The molecule has 0 spiro atoms. The van der Waals surface area contributed by atoms with Gasteiger partial charge in [-0.05, 0) is 30.3 Å². The van der Waals surface area contributed by atoms with Gasteiger partial charge in [-0.15, -0.1) is 0 Å². The lowest BCUT2D eigenvalue weighted by atomic mass is 10.0. The molecule has 1 saturated heterocycles. The van der Waals surface area contributed by atoms with Gasteiger partial charge in [0.1, 0.15) is 11.4 Å². The van der Waals surface area contributed by atoms with Crippen LogP contribution in [0.4, 0.5) is 46.1 Å². The summed E-state index contributed by atoms with van der Waals surface area (Å²) in [4.78, 5) is 31.8. The van der Waals surface area contributed by atoms with Crippen molar-refractivity contribution >= 4 is 51.2 Å². The van der Waals surface area contributed by atoms with Crippen LogP contribution < -0.4 is 30.3 Å². The van der Waals surface area contributed by atoms with Crippen LogP contribution in [0.2, 0.25) is 0 Å². The number of carbonyl (C=O) groups excluding carboxylic acids is 2. The summed E-state index contributed by atoms with van der Waals surface area (Å²) >= 11 is 0. The van der Waals surface area contributed by atoms with Gasteiger partial charge < -0.3 is 34.7 Å². The zero-order valence-corrected chi connectivity index (χ0v) is 24.5. The lowest BCUT2D eigenvalue weighted by Gasteiger charge is -2.33. The van der Waals surface area contributed by atoms with Gasteiger partial charge >= 0.3 is 0 Å². The van der Waals surface area contributed by atoms with E-state index in [1.807, 2.05) is 4.90 Å². The Hall–Kier alpha value is -5.27. The lowest BCUT2D eigenvalue weighted by Crippen LogP contribution is -2.39. The van der Waals surface area contributed by atoms with Crippen molar-refractivity contribution in [2.75, 3.05) is 55.2 Å². The highest BCUT2D eigenvalue weighted by Crippen LogP contribution is 2.39. The zero-order valence-electron chi connectivity index (χ0n) is 24.5. The predicted octanol–water partition coefficient (Wildman–Crippen LogP) is 6.50. The topological polar surface area (TPSA) is 118 Å². The molecule has 236 valence electrons. The number of hydrogen-bond donors (Lipinski definition) is 3. The minimum absolute atomic E-state index is 0.137. The number of furan rings is 1. The minimum Gasteiger partial charge on any atom is -0.494 e. The Kier molecular flexibility index (Phi) is 8.57. The molecule has 0 radical (unpaired) electrons. The van der Waals surface area contributed by atoms with Crippen molar-refractivity contribution in [2.45, 2.75) is 18.8 Å². The number of nitrogens with zero attached hydrogens (tertiary/aromatic N) is 2. The summed E-state index contributed by atoms with van der Waals surface area (Å²) in [6.07, 6.45) is 1.85. The van der Waals surface area contributed by atoms with Crippen LogP contribution in [0.1, 0.15) is 29.0 Å². The molecule has 1 aliphatic heterocycles. The van der Waals surface area contributed by atoms with Gasteiger partial charge in [-0.25, -0.2) is 22.5 Å². The molecular weight excluding hydrogens is 598 g/mol. The van der Waals surface area contributed by atoms with E-state index in [1.165, 1.54) is 27.5 Å². The number of anilines is 5. The number of methoxy groups -OCH3 is 2. The molecule has 0 saturated carbocycles. The molecule has 0 bridgehead atoms. The second-order valence-corrected chi connectivity index (χ2v) is 10.1. The van der Waals surface area contributed by atoms with E-state index in [0.717, 1.165) is 12.1 Å². The minimum atomic E-state index is -2.71. The molecule has 4 aromatic rings. The molecule has 3 heterocycles. The first-order chi connectivity index (χ1) is 21.5. The van der Waals surface area contributed by atoms with Crippen molar-refractivity contribution in [2.24, 2.45) is 0 Å². The van der Waals surface area contributed by atoms with E-state index in [1.54, 1.807) is 24.3 Å². The van der Waals surface area contributed by atoms with Gasteiger partial charge in [-0.1, -0.05) is 6.58 Å². The fourth-order valence-corrected chi connectivity index (χ4v) is 5.03. The monoisotopic (exact) mass is 627 g/mol. The summed E-state index contributed by atoms with van der Waals surface area (Å²) in [6.45, 7) is 3.78. The number of ether oxygens (including phenoxy) is 2. The SMILES string of the molecule is C=CC(=O)Nc1cc(N2CCC(F)(F)CC2)ccc1Nc1cc2c(NC)c(C(=O)c3c(F)c(OC)cc(OC)c3F)oc2cn1. The van der Waals surface area contributed by atoms with E-state index in [0.29, 0.717) is 22.4 Å². The Bertz CT molecular complexity index is 1770. The van der Waals surface area contributed by atoms with E-state index in [9.17, 15) is 18.4 Å². The maximum Gasteiger partial charge on any atom is 0.251 e. The Morgan fingerprint density at radius 2 is 1.71 bits per heavy atom. The highest BCUT2D eigenvalue weighted by molar-refractivity contribution is 6.15. The number of pyridine rings is 1. The van der Waals surface area contributed by atoms with Crippen molar-refractivity contribution in [1.82, 2.24) is 4.98 Å². The highest BCUT2D eigenvalue weighted by atomic mass is 19.3. The fourth-order valence-electron chi connectivity index (χ4n) is 5.03. The van der Waals surface area contributed by atoms with Crippen LogP contribution in [0.3, 0.4) is 0 Å². The van der Waals surface area contributed by atoms with Crippen LogP contribution in [0, 0.1) is 11.6 Å². The second-order valence-electron chi connectivity index (χ2n) is 10.1. The molecule has 1 fully saturated rings. The number of amides is 1. The largest absolute Gasteiger partial charge is 0.494 e. The quantitative estimate of drug-likeness (QED) is 0.103. The van der Waals surface area contributed by atoms with E-state index in [2.05, 4.69) is 27.5 Å². The maximum atomic E-state index is 15.1. The molecule has 45 heavy (non-hydrogen) atoms. The van der Waals surface area contributed by atoms with Gasteiger partial charge in [0, 0.05) is 50.1 Å². The van der Waals surface area contributed by atoms with Gasteiger partial charge in [0.25, 0.3) is 5.92 Å². The van der Waals surface area contributed by atoms with Gasteiger partial charge in [0.15, 0.2) is 34.5 Å². The number of benzene rings is 2. The summed E-state index contributed by atoms with van der Waals surface area (Å²) in [5.41, 5.74) is 0.754. The van der Waals surface area contributed by atoms with Crippen molar-refractivity contribution in [3.8, 4) is 11.5 Å². The van der Waals surface area contributed by atoms with Crippen LogP contribution in [0.15, 0.2) is 53.6 Å². The van der Waals surface area contributed by atoms with Crippen LogP contribution in [-0.4, -0.2) is 57.0 Å². The number of carbonyl (C=O) groups is 2. The zero-order chi connectivity index (χ0) is 32.5. The molecular formula is C31H29F4N5O5. The van der Waals surface area contributed by atoms with Gasteiger partial charge in [0.2, 0.25) is 11.7 Å². The first kappa shape index (κ1) is 31.2. The van der Waals surface area contributed by atoms with E-state index >= 15 is 8.78 Å². The first-order valence-electron chi connectivity index (χ1n) is 13.7. The molecule has 14 heteroatoms. The molecule has 1 amide bonds. The van der Waals surface area contributed by atoms with Crippen LogP contribution in [-0.2, 0) is 4.79 Å². The van der Waals surface area contributed by atoms with Crippen molar-refractivity contribution in [3.63, 3.8) is 0 Å². The molecule has 0 unspecified atom stereocenters. The summed E-state index contributed by atoms with van der Waals surface area (Å²) in [6, 6.07) is 7.58. The van der Waals surface area contributed by atoms with E-state index in [4.69, 9.17) is 13.9 Å². The third-order valence-electron chi connectivity index (χ3n) is 7.40. The van der Waals surface area contributed by atoms with Crippen LogP contribution >= 0.6 is 0 Å². The highest BCUT2D eigenvalue weighted by Gasteiger charge is 2.34. The number of aromatic nitrogens is 1. The molecule has 0 aliphatic carbocycles. The molecule has 2 aromatic carbocycles. The summed E-state index contributed by atoms with van der Waals surface area (Å²) < 4.78 is 73.3. The van der Waals surface area contributed by atoms with Crippen LogP contribution in [0.5, 0.6) is 11.5 Å². The number of alkyl halides is 2. The molecule has 10 nitrogen and oxygen atoms in total. The Balaban J connectivity index is 1.50. The standard InChI is InChI=1S/C31H29F4N5O5/c1-5-24(41)39-19-12-16(40-10-8-31(34,35)9-11-40)6-7-18(19)38-23-13-17-22(15-37-23)45-30(28(17)36-2)29(42)25-26(32)20(43-3)14-21(44-4)27(25)33/h5-7,12-15,36H,1,8-11H2,2-4H3,(H,37,38)(H,39,41). The fraction of sp³-hybridized carbons (Fsp3) is 0.258. The molecule has 2 aromatic heterocycles. The Morgan fingerprint density at radius 1 is 1.04 bits per heavy atom. The molecule has 3 N–H and O–H groups in total. The average Bonchev–Trinajstić information content (AvgIpc) is 3.40. The number of fused-ring (bicyclic) bond motifs is 1. The van der Waals surface area contributed by atoms with Crippen molar-refractivity contribution in [1.29, 1.82) is 0 Å². The summed E-state index contributed by atoms with van der Waals surface area (Å²) in [7, 11) is 3.84. The molecule has 5 rings (SSSR count). The number of rotatable bonds is 10. The number of nitrogens with one attached hydrogen (secondary N) is 3. The third kappa shape index (κ3) is 6.08. The van der Waals surface area contributed by atoms with Crippen molar-refractivity contribution < 1.29 is 41.0 Å². The Labute approximate surface area is 255 Å². The normalized spacial score (nSPS) is 14.2. The maximum absolute atomic E-state index is 15.1.